The van der Waals surface area contributed by atoms with Crippen LogP contribution in [0.25, 0.3) is 0 Å². The fourth-order valence-electron chi connectivity index (χ4n) is 1.09. The smallest absolute Gasteiger partial charge is 0.0200 e. The Balaban J connectivity index is 2.16. The molecule has 0 aromatic heterocycles. The summed E-state index contributed by atoms with van der Waals surface area (Å²) >= 11 is 4.44. The van der Waals surface area contributed by atoms with Crippen LogP contribution in [0.15, 0.2) is 0 Å². The van der Waals surface area contributed by atoms with Gasteiger partial charge in [-0.2, -0.15) is 12.6 Å². The van der Waals surface area contributed by atoms with Crippen LogP contribution in [0.5, 0.6) is 0 Å². The summed E-state index contributed by atoms with van der Waals surface area (Å²) in [6, 6.07) is 0. The fourth-order valence-corrected chi connectivity index (χ4v) is 1.29. The molecule has 0 amide bonds. The lowest BCUT2D eigenvalue weighted by molar-refractivity contribution is 0.170. The van der Waals surface area contributed by atoms with E-state index < -0.39 is 0 Å². The van der Waals surface area contributed by atoms with E-state index >= 15 is 0 Å². The van der Waals surface area contributed by atoms with Crippen molar-refractivity contribution < 1.29 is 0 Å². The number of likely N-dealkylation sites (tertiary alicyclic amines) is 1. The molecule has 0 spiro atoms. The summed E-state index contributed by atoms with van der Waals surface area (Å²) in [6.07, 6.45) is 1.38. The molecule has 1 fully saturated rings. The van der Waals surface area contributed by atoms with E-state index in [-0.39, 0.29) is 4.75 Å². The normalized spacial score (nSPS) is 21.7. The van der Waals surface area contributed by atoms with E-state index in [0.717, 1.165) is 6.54 Å². The largest absolute Gasteiger partial charge is 0.302 e. The van der Waals surface area contributed by atoms with Crippen molar-refractivity contribution >= 4 is 12.6 Å². The van der Waals surface area contributed by atoms with Gasteiger partial charge in [-0.1, -0.05) is 0 Å². The standard InChI is InChI=1S/C7H15NS/c1-7(2,9)6-8-4-3-5-8/h9H,3-6H2,1-2H3. The third-order valence-corrected chi connectivity index (χ3v) is 1.70. The van der Waals surface area contributed by atoms with E-state index in [1.807, 2.05) is 0 Å². The fraction of sp³-hybridized carbons (Fsp3) is 1.00. The molecule has 0 aromatic carbocycles. The predicted molar refractivity (Wildman–Crippen MR) is 44.1 cm³/mol. The van der Waals surface area contributed by atoms with Gasteiger partial charge in [0.15, 0.2) is 0 Å². The molecule has 0 saturated carbocycles. The third-order valence-electron chi connectivity index (χ3n) is 1.56. The molecule has 0 bridgehead atoms. The minimum atomic E-state index is 0.195. The highest BCUT2D eigenvalue weighted by atomic mass is 32.1. The maximum Gasteiger partial charge on any atom is 0.0200 e. The minimum Gasteiger partial charge on any atom is -0.302 e. The summed E-state index contributed by atoms with van der Waals surface area (Å²) in [5, 5.41) is 0. The van der Waals surface area contributed by atoms with Crippen molar-refractivity contribution in [2.24, 2.45) is 0 Å². The second kappa shape index (κ2) is 2.51. The van der Waals surface area contributed by atoms with Crippen molar-refractivity contribution in [1.29, 1.82) is 0 Å². The molecule has 1 aliphatic rings. The van der Waals surface area contributed by atoms with E-state index in [9.17, 15) is 0 Å². The Morgan fingerprint density at radius 2 is 2.00 bits per heavy atom. The van der Waals surface area contributed by atoms with Crippen LogP contribution in [-0.4, -0.2) is 29.3 Å². The molecule has 0 N–H and O–H groups in total. The molecule has 0 radical (unpaired) electrons. The van der Waals surface area contributed by atoms with E-state index in [4.69, 9.17) is 0 Å². The maximum atomic E-state index is 4.44. The van der Waals surface area contributed by atoms with Crippen molar-refractivity contribution in [1.82, 2.24) is 4.90 Å². The molecule has 1 nitrogen and oxygen atoms in total. The van der Waals surface area contributed by atoms with Gasteiger partial charge in [0, 0.05) is 11.3 Å². The lowest BCUT2D eigenvalue weighted by atomic mass is 10.1. The summed E-state index contributed by atoms with van der Waals surface area (Å²) in [7, 11) is 0. The molecular formula is C7H15NS. The molecule has 1 rings (SSSR count). The zero-order chi connectivity index (χ0) is 6.91. The second-order valence-corrected chi connectivity index (χ2v) is 4.65. The molecule has 0 atom stereocenters. The lowest BCUT2D eigenvalue weighted by Crippen LogP contribution is -2.43. The van der Waals surface area contributed by atoms with Gasteiger partial charge in [0.25, 0.3) is 0 Å². The summed E-state index contributed by atoms with van der Waals surface area (Å²) in [6.45, 7) is 8.02. The highest BCUT2D eigenvalue weighted by Gasteiger charge is 2.20. The Morgan fingerprint density at radius 3 is 2.11 bits per heavy atom. The summed E-state index contributed by atoms with van der Waals surface area (Å²) < 4.78 is 0.195. The second-order valence-electron chi connectivity index (χ2n) is 3.44. The molecule has 54 valence electrons. The number of rotatable bonds is 2. The SMILES string of the molecule is CC(C)(S)CN1CCC1. The Hall–Kier alpha value is 0.310. The summed E-state index contributed by atoms with van der Waals surface area (Å²) in [5.41, 5.74) is 0. The Labute approximate surface area is 62.8 Å². The Bertz CT molecular complexity index is 91.6. The first-order valence-electron chi connectivity index (χ1n) is 3.53. The monoisotopic (exact) mass is 145 g/mol. The van der Waals surface area contributed by atoms with Crippen molar-refractivity contribution in [3.63, 3.8) is 0 Å². The molecule has 0 unspecified atom stereocenters. The van der Waals surface area contributed by atoms with Gasteiger partial charge >= 0.3 is 0 Å². The predicted octanol–water partition coefficient (Wildman–Crippen LogP) is 1.40. The van der Waals surface area contributed by atoms with Gasteiger partial charge in [0.1, 0.15) is 0 Å². The first kappa shape index (κ1) is 7.42. The van der Waals surface area contributed by atoms with Crippen LogP contribution in [0.1, 0.15) is 20.3 Å². The van der Waals surface area contributed by atoms with Crippen molar-refractivity contribution in [2.45, 2.75) is 25.0 Å². The average molecular weight is 145 g/mol. The highest BCUT2D eigenvalue weighted by Crippen LogP contribution is 2.17. The van der Waals surface area contributed by atoms with Gasteiger partial charge in [-0.25, -0.2) is 0 Å². The topological polar surface area (TPSA) is 3.24 Å². The summed E-state index contributed by atoms with van der Waals surface area (Å²) in [5.74, 6) is 0. The molecule has 1 heterocycles. The van der Waals surface area contributed by atoms with Crippen molar-refractivity contribution in [3.8, 4) is 0 Å². The van der Waals surface area contributed by atoms with Crippen LogP contribution in [0.3, 0.4) is 0 Å². The van der Waals surface area contributed by atoms with Crippen LogP contribution in [0.4, 0.5) is 0 Å². The maximum absolute atomic E-state index is 4.44. The van der Waals surface area contributed by atoms with Gasteiger partial charge in [0.2, 0.25) is 0 Å². The lowest BCUT2D eigenvalue weighted by Gasteiger charge is -2.35. The molecular weight excluding hydrogens is 130 g/mol. The highest BCUT2D eigenvalue weighted by molar-refractivity contribution is 7.81. The van der Waals surface area contributed by atoms with E-state index in [1.54, 1.807) is 0 Å². The minimum absolute atomic E-state index is 0.195. The van der Waals surface area contributed by atoms with E-state index in [1.165, 1.54) is 19.5 Å². The molecule has 0 aromatic rings. The van der Waals surface area contributed by atoms with Crippen LogP contribution < -0.4 is 0 Å². The molecule has 9 heavy (non-hydrogen) atoms. The number of hydrogen-bond donors (Lipinski definition) is 1. The zero-order valence-corrected chi connectivity index (χ0v) is 7.12. The Kier molecular flexibility index (Phi) is 2.07. The van der Waals surface area contributed by atoms with Gasteiger partial charge < -0.3 is 4.90 Å². The number of hydrogen-bond acceptors (Lipinski definition) is 2. The molecule has 0 aliphatic carbocycles. The number of thiol groups is 1. The van der Waals surface area contributed by atoms with Gasteiger partial charge in [-0.05, 0) is 33.4 Å². The van der Waals surface area contributed by atoms with Crippen LogP contribution >= 0.6 is 12.6 Å². The molecule has 2 heteroatoms. The van der Waals surface area contributed by atoms with Crippen molar-refractivity contribution in [3.05, 3.63) is 0 Å². The van der Waals surface area contributed by atoms with E-state index in [0.29, 0.717) is 0 Å². The quantitative estimate of drug-likeness (QED) is 0.575. The zero-order valence-electron chi connectivity index (χ0n) is 6.22. The summed E-state index contributed by atoms with van der Waals surface area (Å²) in [4.78, 5) is 2.44. The third kappa shape index (κ3) is 2.59. The first-order valence-corrected chi connectivity index (χ1v) is 3.97. The van der Waals surface area contributed by atoms with Gasteiger partial charge in [-0.15, -0.1) is 0 Å². The average Bonchev–Trinajstić information content (AvgIpc) is 1.53. The van der Waals surface area contributed by atoms with Crippen LogP contribution in [0, 0.1) is 0 Å². The molecule has 1 aliphatic heterocycles. The van der Waals surface area contributed by atoms with E-state index in [2.05, 4.69) is 31.4 Å². The van der Waals surface area contributed by atoms with Crippen molar-refractivity contribution in [2.75, 3.05) is 19.6 Å². The van der Waals surface area contributed by atoms with Crippen LogP contribution in [-0.2, 0) is 0 Å². The van der Waals surface area contributed by atoms with Crippen LogP contribution in [0.2, 0.25) is 0 Å². The Morgan fingerprint density at radius 1 is 1.44 bits per heavy atom. The first-order chi connectivity index (χ1) is 4.08. The molecule has 1 saturated heterocycles. The number of nitrogens with zero attached hydrogens (tertiary/aromatic N) is 1. The van der Waals surface area contributed by atoms with Gasteiger partial charge in [-0.3, -0.25) is 0 Å². The van der Waals surface area contributed by atoms with Gasteiger partial charge in [0.05, 0.1) is 0 Å².